The number of aromatic nitrogens is 3. The molecule has 2 N–H and O–H groups in total. The van der Waals surface area contributed by atoms with Crippen LogP contribution in [0, 0.1) is 0 Å². The Bertz CT molecular complexity index is 578. The van der Waals surface area contributed by atoms with Gasteiger partial charge < -0.3 is 0 Å². The molecule has 1 aromatic heterocycles. The molecular weight excluding hydrogens is 289 g/mol. The minimum atomic E-state index is -1.28. The van der Waals surface area contributed by atoms with Crippen LogP contribution in [0.5, 0.6) is 0 Å². The number of hydrogen-bond acceptors (Lipinski definition) is 5. The highest BCUT2D eigenvalue weighted by molar-refractivity contribution is 6.54. The van der Waals surface area contributed by atoms with E-state index in [0.29, 0.717) is 10.7 Å². The molecule has 0 aliphatic heterocycles. The fraction of sp³-hybridized carbons (Fsp3) is 0.0909. The van der Waals surface area contributed by atoms with Crippen LogP contribution >= 0.6 is 23.2 Å². The molecule has 8 heteroatoms. The molecule has 1 heterocycles. The molecule has 0 spiro atoms. The van der Waals surface area contributed by atoms with Gasteiger partial charge in [0.15, 0.2) is 4.84 Å². The van der Waals surface area contributed by atoms with Gasteiger partial charge in [-0.1, -0.05) is 53.5 Å². The number of hydrazine groups is 1. The zero-order chi connectivity index (χ0) is 13.8. The Morgan fingerprint density at radius 1 is 1.26 bits per heavy atom. The van der Waals surface area contributed by atoms with Gasteiger partial charge in [-0.05, 0) is 0 Å². The molecule has 0 fully saturated rings. The minimum absolute atomic E-state index is 0.0716. The number of amides is 1. The zero-order valence-corrected chi connectivity index (χ0v) is 11.1. The third-order valence-corrected chi connectivity index (χ3v) is 2.63. The number of halogens is 2. The Morgan fingerprint density at radius 2 is 1.95 bits per heavy atom. The first-order valence-corrected chi connectivity index (χ1v) is 6.09. The van der Waals surface area contributed by atoms with E-state index >= 15 is 0 Å². The number of nitrogens with zero attached hydrogens (tertiary/aromatic N) is 4. The van der Waals surface area contributed by atoms with E-state index in [-0.39, 0.29) is 5.95 Å². The average molecular weight is 298 g/mol. The van der Waals surface area contributed by atoms with Crippen molar-refractivity contribution in [1.82, 2.24) is 15.2 Å². The van der Waals surface area contributed by atoms with E-state index in [9.17, 15) is 4.79 Å². The number of rotatable bonds is 3. The summed E-state index contributed by atoms with van der Waals surface area (Å²) in [5.41, 5.74) is 1.36. The molecule has 0 saturated heterocycles. The van der Waals surface area contributed by atoms with E-state index in [1.165, 1.54) is 6.20 Å². The molecule has 0 bridgehead atoms. The van der Waals surface area contributed by atoms with E-state index in [1.54, 1.807) is 0 Å². The molecule has 0 radical (unpaired) electrons. The van der Waals surface area contributed by atoms with Crippen LogP contribution in [0.4, 0.5) is 5.95 Å². The van der Waals surface area contributed by atoms with E-state index in [4.69, 9.17) is 29.0 Å². The molecule has 0 unspecified atom stereocenters. The molecule has 98 valence electrons. The van der Waals surface area contributed by atoms with Crippen LogP contribution in [0.2, 0.25) is 0 Å². The lowest BCUT2D eigenvalue weighted by Gasteiger charge is -2.14. The summed E-state index contributed by atoms with van der Waals surface area (Å²) in [6, 6.07) is 9.29. The second kappa shape index (κ2) is 5.92. The van der Waals surface area contributed by atoms with Gasteiger partial charge in [-0.2, -0.15) is 5.10 Å². The first-order chi connectivity index (χ1) is 9.09. The van der Waals surface area contributed by atoms with E-state index < -0.39 is 10.7 Å². The summed E-state index contributed by atoms with van der Waals surface area (Å²) in [6.07, 6.45) is 1.47. The fourth-order valence-electron chi connectivity index (χ4n) is 1.35. The van der Waals surface area contributed by atoms with Gasteiger partial charge in [0.2, 0.25) is 0 Å². The lowest BCUT2D eigenvalue weighted by atomic mass is 10.2. The second-order valence-electron chi connectivity index (χ2n) is 3.52. The zero-order valence-electron chi connectivity index (χ0n) is 9.57. The maximum atomic E-state index is 11.5. The quantitative estimate of drug-likeness (QED) is 0.402. The van der Waals surface area contributed by atoms with Gasteiger partial charge >= 0.3 is 0 Å². The van der Waals surface area contributed by atoms with Crippen molar-refractivity contribution in [2.75, 3.05) is 5.01 Å². The lowest BCUT2D eigenvalue weighted by molar-refractivity contribution is -0.117. The highest BCUT2D eigenvalue weighted by atomic mass is 35.5. The van der Waals surface area contributed by atoms with Crippen molar-refractivity contribution >= 4 is 35.1 Å². The maximum Gasteiger partial charge on any atom is 0.277 e. The number of carbonyl (C=O) groups is 1. The van der Waals surface area contributed by atoms with Crippen molar-refractivity contribution in [2.24, 2.45) is 5.84 Å². The summed E-state index contributed by atoms with van der Waals surface area (Å²) >= 11 is 10.9. The van der Waals surface area contributed by atoms with Crippen molar-refractivity contribution in [3.63, 3.8) is 0 Å². The van der Waals surface area contributed by atoms with Crippen LogP contribution in [0.3, 0.4) is 0 Å². The summed E-state index contributed by atoms with van der Waals surface area (Å²) in [6.45, 7) is 0. The van der Waals surface area contributed by atoms with Gasteiger partial charge in [-0.25, -0.2) is 15.8 Å². The highest BCUT2D eigenvalue weighted by Crippen LogP contribution is 2.17. The molecule has 2 rings (SSSR count). The summed E-state index contributed by atoms with van der Waals surface area (Å²) < 4.78 is 0. The topological polar surface area (TPSA) is 85.0 Å². The van der Waals surface area contributed by atoms with Crippen LogP contribution in [0.25, 0.3) is 11.3 Å². The SMILES string of the molecule is NN(C(=O)C(Cl)Cl)c1nncc(-c2ccccc2)n1. The predicted molar refractivity (Wildman–Crippen MR) is 72.4 cm³/mol. The standard InChI is InChI=1S/C11H9Cl2N5O/c12-9(13)10(19)18(14)11-16-8(6-15-17-11)7-4-2-1-3-5-7/h1-6,9H,14H2. The summed E-state index contributed by atoms with van der Waals surface area (Å²) in [7, 11) is 0. The first-order valence-electron chi connectivity index (χ1n) is 5.21. The number of hydrogen-bond donors (Lipinski definition) is 1. The van der Waals surface area contributed by atoms with Crippen LogP contribution < -0.4 is 10.9 Å². The summed E-state index contributed by atoms with van der Waals surface area (Å²) in [5.74, 6) is 4.74. The van der Waals surface area contributed by atoms with Crippen molar-refractivity contribution in [3.05, 3.63) is 36.5 Å². The molecule has 2 aromatic rings. The second-order valence-corrected chi connectivity index (χ2v) is 4.61. The monoisotopic (exact) mass is 297 g/mol. The molecule has 0 saturated carbocycles. The lowest BCUT2D eigenvalue weighted by Crippen LogP contribution is -2.42. The number of nitrogens with two attached hydrogens (primary N) is 1. The molecule has 0 atom stereocenters. The number of carbonyl (C=O) groups excluding carboxylic acids is 1. The van der Waals surface area contributed by atoms with Gasteiger partial charge in [0.1, 0.15) is 0 Å². The third kappa shape index (κ3) is 3.17. The highest BCUT2D eigenvalue weighted by Gasteiger charge is 2.21. The molecule has 1 amide bonds. The number of benzene rings is 1. The molecular formula is C11H9Cl2N5O. The largest absolute Gasteiger partial charge is 0.277 e. The van der Waals surface area contributed by atoms with Crippen LogP contribution in [-0.2, 0) is 4.79 Å². The smallest absolute Gasteiger partial charge is 0.270 e. The summed E-state index contributed by atoms with van der Waals surface area (Å²) in [5, 5.41) is 8.09. The third-order valence-electron chi connectivity index (χ3n) is 2.26. The Labute approximate surface area is 119 Å². The molecule has 0 aliphatic rings. The van der Waals surface area contributed by atoms with Gasteiger partial charge in [-0.15, -0.1) is 5.10 Å². The maximum absolute atomic E-state index is 11.5. The van der Waals surface area contributed by atoms with Gasteiger partial charge in [0.25, 0.3) is 11.9 Å². The van der Waals surface area contributed by atoms with Crippen molar-refractivity contribution in [1.29, 1.82) is 0 Å². The van der Waals surface area contributed by atoms with E-state index in [0.717, 1.165) is 5.56 Å². The Hall–Kier alpha value is -1.76. The fourth-order valence-corrected chi connectivity index (χ4v) is 1.56. The molecule has 1 aromatic carbocycles. The molecule has 6 nitrogen and oxygen atoms in total. The van der Waals surface area contributed by atoms with Crippen molar-refractivity contribution < 1.29 is 4.79 Å². The van der Waals surface area contributed by atoms with Gasteiger partial charge in [0.05, 0.1) is 11.9 Å². The number of anilines is 1. The molecule has 0 aliphatic carbocycles. The van der Waals surface area contributed by atoms with Crippen LogP contribution in [0.15, 0.2) is 36.5 Å². The normalized spacial score (nSPS) is 10.5. The van der Waals surface area contributed by atoms with E-state index in [1.807, 2.05) is 30.3 Å². The Balaban J connectivity index is 2.32. The van der Waals surface area contributed by atoms with Gasteiger partial charge in [-0.3, -0.25) is 4.79 Å². The van der Waals surface area contributed by atoms with Crippen LogP contribution in [-0.4, -0.2) is 25.9 Å². The Kier molecular flexibility index (Phi) is 4.26. The minimum Gasteiger partial charge on any atom is -0.270 e. The van der Waals surface area contributed by atoms with Crippen molar-refractivity contribution in [2.45, 2.75) is 4.84 Å². The van der Waals surface area contributed by atoms with Gasteiger partial charge in [0, 0.05) is 5.56 Å². The average Bonchev–Trinajstić information content (AvgIpc) is 2.46. The first kappa shape index (κ1) is 13.7. The predicted octanol–water partition coefficient (Wildman–Crippen LogP) is 1.55. The molecule has 19 heavy (non-hydrogen) atoms. The summed E-state index contributed by atoms with van der Waals surface area (Å²) in [4.78, 5) is 14.4. The van der Waals surface area contributed by atoms with E-state index in [2.05, 4.69) is 15.2 Å². The Morgan fingerprint density at radius 3 is 2.58 bits per heavy atom. The van der Waals surface area contributed by atoms with Crippen molar-refractivity contribution in [3.8, 4) is 11.3 Å². The van der Waals surface area contributed by atoms with Crippen LogP contribution in [0.1, 0.15) is 0 Å². The number of alkyl halides is 2.